The fourth-order valence-corrected chi connectivity index (χ4v) is 1.05. The molecule has 0 saturated carbocycles. The molecule has 0 aromatic heterocycles. The van der Waals surface area contributed by atoms with Gasteiger partial charge in [-0.2, -0.15) is 0 Å². The van der Waals surface area contributed by atoms with Gasteiger partial charge in [0.05, 0.1) is 7.11 Å². The zero-order valence-corrected chi connectivity index (χ0v) is 9.89. The van der Waals surface area contributed by atoms with Crippen molar-refractivity contribution in [2.45, 2.75) is 25.8 Å². The zero-order valence-electron chi connectivity index (χ0n) is 9.89. The molecule has 0 aliphatic rings. The van der Waals surface area contributed by atoms with Gasteiger partial charge in [0.1, 0.15) is 12.6 Å². The molecular formula is C10H17NO6. The number of nitrogens with one attached hydrogen (secondary N) is 1. The van der Waals surface area contributed by atoms with E-state index in [1.165, 1.54) is 7.11 Å². The smallest absolute Gasteiger partial charge is 0.326 e. The summed E-state index contributed by atoms with van der Waals surface area (Å²) in [5, 5.41) is 11.1. The summed E-state index contributed by atoms with van der Waals surface area (Å²) >= 11 is 0. The Morgan fingerprint density at radius 2 is 2.00 bits per heavy atom. The second-order valence-electron chi connectivity index (χ2n) is 3.21. The van der Waals surface area contributed by atoms with Crippen LogP contribution in [0.25, 0.3) is 0 Å². The number of methoxy groups -OCH3 is 1. The molecule has 7 nitrogen and oxygen atoms in total. The molecule has 7 heteroatoms. The second kappa shape index (κ2) is 8.51. The molecule has 0 fully saturated rings. The van der Waals surface area contributed by atoms with E-state index in [-0.39, 0.29) is 19.4 Å². The summed E-state index contributed by atoms with van der Waals surface area (Å²) in [7, 11) is 1.21. The van der Waals surface area contributed by atoms with Gasteiger partial charge >= 0.3 is 11.9 Å². The Morgan fingerprint density at radius 1 is 1.35 bits per heavy atom. The van der Waals surface area contributed by atoms with Crippen molar-refractivity contribution in [1.29, 1.82) is 0 Å². The van der Waals surface area contributed by atoms with E-state index in [9.17, 15) is 14.4 Å². The largest absolute Gasteiger partial charge is 0.480 e. The van der Waals surface area contributed by atoms with Crippen LogP contribution >= 0.6 is 0 Å². The molecule has 0 radical (unpaired) electrons. The topological polar surface area (TPSA) is 102 Å². The van der Waals surface area contributed by atoms with Gasteiger partial charge in [0.25, 0.3) is 0 Å². The Balaban J connectivity index is 4.10. The Labute approximate surface area is 99.1 Å². The van der Waals surface area contributed by atoms with Gasteiger partial charge in [-0.1, -0.05) is 0 Å². The lowest BCUT2D eigenvalue weighted by molar-refractivity contribution is -0.144. The molecule has 0 aliphatic carbocycles. The number of hydrogen-bond acceptors (Lipinski definition) is 5. The predicted molar refractivity (Wildman–Crippen MR) is 57.3 cm³/mol. The molecule has 0 bridgehead atoms. The number of ether oxygens (including phenoxy) is 2. The van der Waals surface area contributed by atoms with E-state index in [4.69, 9.17) is 9.84 Å². The lowest BCUT2D eigenvalue weighted by Crippen LogP contribution is -2.42. The average molecular weight is 247 g/mol. The molecule has 1 atom stereocenters. The van der Waals surface area contributed by atoms with E-state index < -0.39 is 23.9 Å². The first kappa shape index (κ1) is 15.4. The summed E-state index contributed by atoms with van der Waals surface area (Å²) in [6.07, 6.45) is -0.0811. The van der Waals surface area contributed by atoms with Gasteiger partial charge in [0.2, 0.25) is 5.91 Å². The number of carboxylic acids is 1. The highest BCUT2D eigenvalue weighted by Crippen LogP contribution is 1.99. The maximum atomic E-state index is 11.2. The fraction of sp³-hybridized carbons (Fsp3) is 0.700. The van der Waals surface area contributed by atoms with Crippen LogP contribution in [0.5, 0.6) is 0 Å². The number of carbonyl (C=O) groups excluding carboxylic acids is 2. The van der Waals surface area contributed by atoms with Crippen molar-refractivity contribution in [3.8, 4) is 0 Å². The van der Waals surface area contributed by atoms with Crippen LogP contribution in [0, 0.1) is 0 Å². The maximum absolute atomic E-state index is 11.2. The van der Waals surface area contributed by atoms with E-state index in [1.54, 1.807) is 6.92 Å². The first-order valence-corrected chi connectivity index (χ1v) is 5.18. The molecule has 98 valence electrons. The second-order valence-corrected chi connectivity index (χ2v) is 3.21. The van der Waals surface area contributed by atoms with Crippen LogP contribution in [-0.4, -0.2) is 49.3 Å². The molecule has 0 rings (SSSR count). The van der Waals surface area contributed by atoms with Crippen LogP contribution in [0.2, 0.25) is 0 Å². The van der Waals surface area contributed by atoms with Gasteiger partial charge < -0.3 is 19.9 Å². The average Bonchev–Trinajstić information content (AvgIpc) is 2.30. The van der Waals surface area contributed by atoms with E-state index in [0.717, 1.165) is 0 Å². The number of carbonyl (C=O) groups is 3. The molecule has 0 aliphatic heterocycles. The number of aliphatic carboxylic acids is 1. The third kappa shape index (κ3) is 7.29. The number of carboxylic acid groups (broad SMARTS) is 1. The molecule has 1 amide bonds. The minimum absolute atomic E-state index is 0.0140. The number of rotatable bonds is 8. The standard InChI is InChI=1S/C10H17NO6/c1-3-17-6-8(12)11-7(10(14)15)4-5-9(13)16-2/h7H,3-6H2,1-2H3,(H,11,12)(H,14,15)/t7-/m0/s1. The van der Waals surface area contributed by atoms with Crippen molar-refractivity contribution in [3.05, 3.63) is 0 Å². The monoisotopic (exact) mass is 247 g/mol. The SMILES string of the molecule is CCOCC(=O)N[C@@H](CCC(=O)OC)C(=O)O. The molecule has 0 aromatic carbocycles. The Kier molecular flexibility index (Phi) is 7.70. The van der Waals surface area contributed by atoms with Crippen molar-refractivity contribution in [2.75, 3.05) is 20.3 Å². The van der Waals surface area contributed by atoms with E-state index in [1.807, 2.05) is 0 Å². The third-order valence-corrected chi connectivity index (χ3v) is 1.94. The van der Waals surface area contributed by atoms with Crippen LogP contribution in [0.1, 0.15) is 19.8 Å². The van der Waals surface area contributed by atoms with Gasteiger partial charge in [0.15, 0.2) is 0 Å². The summed E-state index contributed by atoms with van der Waals surface area (Å²) < 4.78 is 9.21. The first-order chi connectivity index (χ1) is 8.01. The fourth-order valence-electron chi connectivity index (χ4n) is 1.05. The van der Waals surface area contributed by atoms with E-state index in [0.29, 0.717) is 6.61 Å². The molecule has 0 aromatic rings. The molecule has 0 unspecified atom stereocenters. The van der Waals surface area contributed by atoms with Gasteiger partial charge in [-0.15, -0.1) is 0 Å². The van der Waals surface area contributed by atoms with Crippen molar-refractivity contribution in [2.24, 2.45) is 0 Å². The summed E-state index contributed by atoms with van der Waals surface area (Å²) in [4.78, 5) is 32.9. The quantitative estimate of drug-likeness (QED) is 0.563. The summed E-state index contributed by atoms with van der Waals surface area (Å²) in [5.74, 6) is -2.24. The van der Waals surface area contributed by atoms with Crippen molar-refractivity contribution in [3.63, 3.8) is 0 Å². The van der Waals surface area contributed by atoms with E-state index in [2.05, 4.69) is 10.1 Å². The minimum Gasteiger partial charge on any atom is -0.480 e. The van der Waals surface area contributed by atoms with Crippen molar-refractivity contribution in [1.82, 2.24) is 5.32 Å². The zero-order chi connectivity index (χ0) is 13.3. The first-order valence-electron chi connectivity index (χ1n) is 5.18. The summed E-state index contributed by atoms with van der Waals surface area (Å²) in [5.41, 5.74) is 0. The summed E-state index contributed by atoms with van der Waals surface area (Å²) in [6, 6.07) is -1.11. The number of hydrogen-bond donors (Lipinski definition) is 2. The highest BCUT2D eigenvalue weighted by molar-refractivity contribution is 5.84. The minimum atomic E-state index is -1.20. The molecule has 0 heterocycles. The van der Waals surface area contributed by atoms with Crippen molar-refractivity contribution < 1.29 is 29.0 Å². The lowest BCUT2D eigenvalue weighted by atomic mass is 10.1. The number of amides is 1. The number of esters is 1. The Bertz CT molecular complexity index is 278. The molecule has 2 N–H and O–H groups in total. The van der Waals surface area contributed by atoms with Crippen LogP contribution in [0.3, 0.4) is 0 Å². The highest BCUT2D eigenvalue weighted by Gasteiger charge is 2.20. The Hall–Kier alpha value is -1.63. The van der Waals surface area contributed by atoms with Crippen LogP contribution in [0.15, 0.2) is 0 Å². The summed E-state index contributed by atoms with van der Waals surface area (Å²) in [6.45, 7) is 1.89. The highest BCUT2D eigenvalue weighted by atomic mass is 16.5. The lowest BCUT2D eigenvalue weighted by Gasteiger charge is -2.13. The van der Waals surface area contributed by atoms with Crippen LogP contribution in [0.4, 0.5) is 0 Å². The molecular weight excluding hydrogens is 230 g/mol. The predicted octanol–water partition coefficient (Wildman–Crippen LogP) is -0.454. The van der Waals surface area contributed by atoms with Gasteiger partial charge in [-0.25, -0.2) is 4.79 Å². The molecule has 17 heavy (non-hydrogen) atoms. The van der Waals surface area contributed by atoms with Gasteiger partial charge in [-0.3, -0.25) is 9.59 Å². The Morgan fingerprint density at radius 3 is 2.47 bits per heavy atom. The van der Waals surface area contributed by atoms with Crippen molar-refractivity contribution >= 4 is 17.8 Å². The molecule has 0 saturated heterocycles. The maximum Gasteiger partial charge on any atom is 0.326 e. The third-order valence-electron chi connectivity index (χ3n) is 1.94. The molecule has 0 spiro atoms. The normalized spacial score (nSPS) is 11.6. The van der Waals surface area contributed by atoms with Gasteiger partial charge in [-0.05, 0) is 13.3 Å². The van der Waals surface area contributed by atoms with Crippen LogP contribution < -0.4 is 5.32 Å². The van der Waals surface area contributed by atoms with E-state index >= 15 is 0 Å². The van der Waals surface area contributed by atoms with Crippen LogP contribution in [-0.2, 0) is 23.9 Å². The van der Waals surface area contributed by atoms with Gasteiger partial charge in [0, 0.05) is 13.0 Å².